The Morgan fingerprint density at radius 1 is 1.29 bits per heavy atom. The third kappa shape index (κ3) is 4.66. The number of aryl methyl sites for hydroxylation is 1. The molecule has 0 unspecified atom stereocenters. The molecule has 21 heavy (non-hydrogen) atoms. The molecule has 0 aromatic heterocycles. The number of rotatable bonds is 5. The third-order valence-electron chi connectivity index (χ3n) is 2.56. The van der Waals surface area contributed by atoms with Crippen molar-refractivity contribution in [3.63, 3.8) is 0 Å². The van der Waals surface area contributed by atoms with Gasteiger partial charge in [-0.05, 0) is 45.4 Å². The van der Waals surface area contributed by atoms with Gasteiger partial charge in [0.1, 0.15) is 11.3 Å². The number of amides is 1. The first-order valence-electron chi connectivity index (χ1n) is 6.72. The number of nitrogens with one attached hydrogen (secondary N) is 1. The minimum Gasteiger partial charge on any atom is -0.493 e. The van der Waals surface area contributed by atoms with Crippen LogP contribution in [0.25, 0.3) is 0 Å². The average Bonchev–Trinajstić information content (AvgIpc) is 2.39. The van der Waals surface area contributed by atoms with Gasteiger partial charge >= 0.3 is 12.1 Å². The Balaban J connectivity index is 3.10. The van der Waals surface area contributed by atoms with Gasteiger partial charge in [0.25, 0.3) is 0 Å². The van der Waals surface area contributed by atoms with Gasteiger partial charge in [-0.3, -0.25) is 5.32 Å². The predicted octanol–water partition coefficient (Wildman–Crippen LogP) is 3.14. The lowest BCUT2D eigenvalue weighted by Gasteiger charge is -2.15. The van der Waals surface area contributed by atoms with Crippen LogP contribution in [0.2, 0.25) is 0 Å². The van der Waals surface area contributed by atoms with Crippen LogP contribution < -0.4 is 10.1 Å². The summed E-state index contributed by atoms with van der Waals surface area (Å²) in [6, 6.07) is 3.21. The van der Waals surface area contributed by atoms with Gasteiger partial charge in [0.15, 0.2) is 0 Å². The van der Waals surface area contributed by atoms with Crippen molar-refractivity contribution in [3.8, 4) is 5.75 Å². The van der Waals surface area contributed by atoms with Gasteiger partial charge in [-0.1, -0.05) is 0 Å². The quantitative estimate of drug-likeness (QED) is 0.845. The summed E-state index contributed by atoms with van der Waals surface area (Å²) < 4.78 is 15.2. The number of ether oxygens (including phenoxy) is 3. The molecule has 0 aliphatic carbocycles. The van der Waals surface area contributed by atoms with Crippen molar-refractivity contribution >= 4 is 17.7 Å². The molecular formula is C15H21NO5. The number of benzene rings is 1. The van der Waals surface area contributed by atoms with Crippen LogP contribution in [0.3, 0.4) is 0 Å². The Bertz CT molecular complexity index is 525. The lowest BCUT2D eigenvalue weighted by atomic mass is 10.1. The maximum absolute atomic E-state index is 11.8. The molecule has 0 saturated carbocycles. The van der Waals surface area contributed by atoms with E-state index in [0.717, 1.165) is 5.56 Å². The monoisotopic (exact) mass is 295 g/mol. The smallest absolute Gasteiger partial charge is 0.411 e. The first-order chi connectivity index (χ1) is 9.88. The van der Waals surface area contributed by atoms with Crippen molar-refractivity contribution < 1.29 is 23.8 Å². The van der Waals surface area contributed by atoms with Crippen LogP contribution in [0, 0.1) is 6.92 Å². The normalized spacial score (nSPS) is 10.2. The van der Waals surface area contributed by atoms with Crippen molar-refractivity contribution in [1.29, 1.82) is 0 Å². The highest BCUT2D eigenvalue weighted by atomic mass is 16.6. The highest BCUT2D eigenvalue weighted by Gasteiger charge is 2.18. The molecule has 116 valence electrons. The standard InChI is InChI=1S/C15H21NO5/c1-6-20-13-10(4)7-11(8-12(13)14(17)19-5)16-15(18)21-9(2)3/h7-9H,6H2,1-5H3,(H,16,18). The molecule has 0 radical (unpaired) electrons. The Kier molecular flexibility index (Phi) is 6.02. The highest BCUT2D eigenvalue weighted by molar-refractivity contribution is 5.96. The number of methoxy groups -OCH3 is 1. The SMILES string of the molecule is CCOc1c(C)cc(NC(=O)OC(C)C)cc1C(=O)OC. The van der Waals surface area contributed by atoms with Gasteiger partial charge in [-0.2, -0.15) is 0 Å². The average molecular weight is 295 g/mol. The summed E-state index contributed by atoms with van der Waals surface area (Å²) in [5, 5.41) is 2.58. The lowest BCUT2D eigenvalue weighted by Crippen LogP contribution is -2.18. The minimum atomic E-state index is -0.579. The van der Waals surface area contributed by atoms with Crippen LogP contribution >= 0.6 is 0 Å². The molecule has 0 atom stereocenters. The van der Waals surface area contributed by atoms with Crippen LogP contribution in [0.1, 0.15) is 36.7 Å². The molecule has 0 spiro atoms. The molecule has 0 aliphatic rings. The first kappa shape index (κ1) is 16.8. The van der Waals surface area contributed by atoms with E-state index in [9.17, 15) is 9.59 Å². The molecule has 0 heterocycles. The van der Waals surface area contributed by atoms with Crippen molar-refractivity contribution in [2.24, 2.45) is 0 Å². The summed E-state index contributed by atoms with van der Waals surface area (Å²) >= 11 is 0. The van der Waals surface area contributed by atoms with E-state index in [-0.39, 0.29) is 11.7 Å². The van der Waals surface area contributed by atoms with E-state index in [4.69, 9.17) is 14.2 Å². The van der Waals surface area contributed by atoms with E-state index in [0.29, 0.717) is 18.0 Å². The maximum atomic E-state index is 11.8. The van der Waals surface area contributed by atoms with E-state index in [2.05, 4.69) is 5.32 Å². The van der Waals surface area contributed by atoms with E-state index in [1.807, 2.05) is 6.92 Å². The fraction of sp³-hybridized carbons (Fsp3) is 0.467. The van der Waals surface area contributed by atoms with Crippen molar-refractivity contribution in [3.05, 3.63) is 23.3 Å². The molecule has 6 nitrogen and oxygen atoms in total. The Morgan fingerprint density at radius 3 is 2.48 bits per heavy atom. The lowest BCUT2D eigenvalue weighted by molar-refractivity contribution is 0.0596. The molecule has 1 aromatic rings. The minimum absolute atomic E-state index is 0.228. The van der Waals surface area contributed by atoms with Gasteiger partial charge in [-0.15, -0.1) is 0 Å². The molecule has 0 fully saturated rings. The Labute approximate surface area is 124 Å². The van der Waals surface area contributed by atoms with Crippen LogP contribution in [0.15, 0.2) is 12.1 Å². The van der Waals surface area contributed by atoms with Gasteiger partial charge in [0.2, 0.25) is 0 Å². The second kappa shape index (κ2) is 7.52. The van der Waals surface area contributed by atoms with Crippen molar-refractivity contribution in [2.45, 2.75) is 33.8 Å². The topological polar surface area (TPSA) is 73.9 Å². The molecule has 1 amide bonds. The van der Waals surface area contributed by atoms with E-state index in [1.165, 1.54) is 13.2 Å². The molecule has 1 aromatic carbocycles. The third-order valence-corrected chi connectivity index (χ3v) is 2.56. The zero-order valence-electron chi connectivity index (χ0n) is 13.0. The summed E-state index contributed by atoms with van der Waals surface area (Å²) in [6.07, 6.45) is -0.807. The predicted molar refractivity (Wildman–Crippen MR) is 78.9 cm³/mol. The second-order valence-corrected chi connectivity index (χ2v) is 4.67. The number of carbonyl (C=O) groups excluding carboxylic acids is 2. The molecule has 0 bridgehead atoms. The molecule has 0 saturated heterocycles. The van der Waals surface area contributed by atoms with Gasteiger partial charge in [-0.25, -0.2) is 9.59 Å². The zero-order valence-corrected chi connectivity index (χ0v) is 13.0. The summed E-state index contributed by atoms with van der Waals surface area (Å²) in [5.74, 6) is -0.0745. The van der Waals surface area contributed by atoms with Gasteiger partial charge in [0, 0.05) is 5.69 Å². The van der Waals surface area contributed by atoms with Gasteiger partial charge in [0.05, 0.1) is 19.8 Å². The van der Waals surface area contributed by atoms with Gasteiger partial charge < -0.3 is 14.2 Å². The fourth-order valence-corrected chi connectivity index (χ4v) is 1.80. The van der Waals surface area contributed by atoms with Crippen LogP contribution in [-0.4, -0.2) is 31.9 Å². The Morgan fingerprint density at radius 2 is 1.95 bits per heavy atom. The molecule has 1 rings (SSSR count). The molecule has 0 aliphatic heterocycles. The number of carbonyl (C=O) groups is 2. The Hall–Kier alpha value is -2.24. The zero-order chi connectivity index (χ0) is 16.0. The largest absolute Gasteiger partial charge is 0.493 e. The van der Waals surface area contributed by atoms with Crippen molar-refractivity contribution in [2.75, 3.05) is 19.0 Å². The first-order valence-corrected chi connectivity index (χ1v) is 6.72. The van der Waals surface area contributed by atoms with Crippen LogP contribution in [-0.2, 0) is 9.47 Å². The van der Waals surface area contributed by atoms with Crippen LogP contribution in [0.5, 0.6) is 5.75 Å². The number of anilines is 1. The maximum Gasteiger partial charge on any atom is 0.411 e. The number of hydrogen-bond acceptors (Lipinski definition) is 5. The summed E-state index contributed by atoms with van der Waals surface area (Å²) in [6.45, 7) is 7.54. The number of hydrogen-bond donors (Lipinski definition) is 1. The summed E-state index contributed by atoms with van der Waals surface area (Å²) in [7, 11) is 1.29. The summed E-state index contributed by atoms with van der Waals surface area (Å²) in [5.41, 5.74) is 1.43. The summed E-state index contributed by atoms with van der Waals surface area (Å²) in [4.78, 5) is 23.4. The highest BCUT2D eigenvalue weighted by Crippen LogP contribution is 2.28. The van der Waals surface area contributed by atoms with E-state index >= 15 is 0 Å². The molecule has 6 heteroatoms. The molecular weight excluding hydrogens is 274 g/mol. The molecule has 1 N–H and O–H groups in total. The van der Waals surface area contributed by atoms with E-state index < -0.39 is 12.1 Å². The van der Waals surface area contributed by atoms with E-state index in [1.54, 1.807) is 26.8 Å². The second-order valence-electron chi connectivity index (χ2n) is 4.67. The fourth-order valence-electron chi connectivity index (χ4n) is 1.80. The van der Waals surface area contributed by atoms with Crippen LogP contribution in [0.4, 0.5) is 10.5 Å². The van der Waals surface area contributed by atoms with Crippen molar-refractivity contribution in [1.82, 2.24) is 0 Å². The number of esters is 1.